The normalized spacial score (nSPS) is 13.3. The molecule has 2 aromatic rings. The van der Waals surface area contributed by atoms with Crippen molar-refractivity contribution in [3.8, 4) is 0 Å². The number of amides is 1. The zero-order chi connectivity index (χ0) is 16.2. The molecule has 0 radical (unpaired) electrons. The number of carbonyl (C=O) groups is 2. The van der Waals surface area contributed by atoms with Gasteiger partial charge in [-0.15, -0.1) is 11.8 Å². The summed E-state index contributed by atoms with van der Waals surface area (Å²) in [6.07, 6.45) is 2.98. The van der Waals surface area contributed by atoms with Gasteiger partial charge in [0.05, 0.1) is 11.3 Å². The van der Waals surface area contributed by atoms with Crippen molar-refractivity contribution in [2.45, 2.75) is 4.90 Å². The second kappa shape index (κ2) is 7.14. The van der Waals surface area contributed by atoms with Crippen LogP contribution < -0.4 is 4.90 Å². The minimum absolute atomic E-state index is 0.228. The Morgan fingerprint density at radius 3 is 2.96 bits per heavy atom. The van der Waals surface area contributed by atoms with Crippen LogP contribution >= 0.6 is 27.7 Å². The quantitative estimate of drug-likeness (QED) is 0.750. The Kier molecular flexibility index (Phi) is 4.97. The number of aromatic nitrogens is 1. The van der Waals surface area contributed by atoms with E-state index in [4.69, 9.17) is 4.74 Å². The lowest BCUT2D eigenvalue weighted by Gasteiger charge is -2.28. The fourth-order valence-corrected chi connectivity index (χ4v) is 3.60. The van der Waals surface area contributed by atoms with Gasteiger partial charge in [-0.2, -0.15) is 0 Å². The number of thioether (sulfide) groups is 1. The summed E-state index contributed by atoms with van der Waals surface area (Å²) in [5.41, 5.74) is 1.18. The molecule has 3 rings (SSSR count). The van der Waals surface area contributed by atoms with Crippen LogP contribution in [0.4, 0.5) is 5.69 Å². The van der Waals surface area contributed by atoms with E-state index >= 15 is 0 Å². The minimum atomic E-state index is -0.563. The Balaban J connectivity index is 1.65. The standard InChI is InChI=1S/C16H13BrN2O3S/c17-12-7-11(8-18-9-12)16(21)22-10-15(20)19-5-6-23-14-4-2-1-3-13(14)19/h1-4,7-9H,5-6,10H2. The van der Waals surface area contributed by atoms with Crippen molar-refractivity contribution in [2.75, 3.05) is 23.8 Å². The van der Waals surface area contributed by atoms with Crippen molar-refractivity contribution in [3.05, 3.63) is 52.8 Å². The number of para-hydroxylation sites is 1. The van der Waals surface area contributed by atoms with Gasteiger partial charge in [-0.1, -0.05) is 12.1 Å². The predicted molar refractivity (Wildman–Crippen MR) is 91.7 cm³/mol. The Hall–Kier alpha value is -1.86. The first-order valence-electron chi connectivity index (χ1n) is 6.95. The van der Waals surface area contributed by atoms with Crippen molar-refractivity contribution >= 4 is 45.3 Å². The molecule has 0 fully saturated rings. The molecule has 1 aliphatic rings. The van der Waals surface area contributed by atoms with E-state index in [1.165, 1.54) is 6.20 Å². The molecule has 0 saturated carbocycles. The van der Waals surface area contributed by atoms with E-state index in [1.54, 1.807) is 28.9 Å². The van der Waals surface area contributed by atoms with Crippen LogP contribution in [0.2, 0.25) is 0 Å². The number of rotatable bonds is 3. The molecule has 1 aliphatic heterocycles. The van der Waals surface area contributed by atoms with Gasteiger partial charge < -0.3 is 9.64 Å². The molecule has 2 heterocycles. The Morgan fingerprint density at radius 2 is 2.13 bits per heavy atom. The molecular formula is C16H13BrN2O3S. The molecule has 5 nitrogen and oxygen atoms in total. The highest BCUT2D eigenvalue weighted by Gasteiger charge is 2.23. The molecule has 0 atom stereocenters. The molecule has 23 heavy (non-hydrogen) atoms. The summed E-state index contributed by atoms with van der Waals surface area (Å²) >= 11 is 4.96. The smallest absolute Gasteiger partial charge is 0.340 e. The van der Waals surface area contributed by atoms with Crippen LogP contribution in [0, 0.1) is 0 Å². The zero-order valence-electron chi connectivity index (χ0n) is 12.1. The molecule has 0 saturated heterocycles. The van der Waals surface area contributed by atoms with Crippen LogP contribution in [0.1, 0.15) is 10.4 Å². The first-order valence-corrected chi connectivity index (χ1v) is 8.73. The van der Waals surface area contributed by atoms with Gasteiger partial charge in [0.1, 0.15) is 0 Å². The highest BCUT2D eigenvalue weighted by Crippen LogP contribution is 2.34. The van der Waals surface area contributed by atoms with Crippen LogP contribution in [-0.4, -0.2) is 35.8 Å². The van der Waals surface area contributed by atoms with Crippen LogP contribution in [0.5, 0.6) is 0 Å². The van der Waals surface area contributed by atoms with E-state index < -0.39 is 5.97 Å². The summed E-state index contributed by atoms with van der Waals surface area (Å²) in [4.78, 5) is 31.0. The number of esters is 1. The molecule has 1 aromatic heterocycles. The minimum Gasteiger partial charge on any atom is -0.452 e. The molecule has 118 valence electrons. The highest BCUT2D eigenvalue weighted by molar-refractivity contribution is 9.10. The summed E-state index contributed by atoms with van der Waals surface area (Å²) in [5, 5.41) is 0. The molecule has 0 unspecified atom stereocenters. The van der Waals surface area contributed by atoms with Gasteiger partial charge in [0, 0.05) is 34.1 Å². The maximum Gasteiger partial charge on any atom is 0.340 e. The monoisotopic (exact) mass is 392 g/mol. The Bertz CT molecular complexity index is 754. The summed E-state index contributed by atoms with van der Waals surface area (Å²) in [6, 6.07) is 9.33. The van der Waals surface area contributed by atoms with Gasteiger partial charge in [-0.3, -0.25) is 9.78 Å². The molecule has 7 heteroatoms. The van der Waals surface area contributed by atoms with Crippen molar-refractivity contribution < 1.29 is 14.3 Å². The largest absolute Gasteiger partial charge is 0.452 e. The van der Waals surface area contributed by atoms with E-state index in [0.717, 1.165) is 16.3 Å². The van der Waals surface area contributed by atoms with Crippen molar-refractivity contribution in [1.82, 2.24) is 4.98 Å². The Morgan fingerprint density at radius 1 is 1.30 bits per heavy atom. The van der Waals surface area contributed by atoms with Gasteiger partial charge in [0.15, 0.2) is 6.61 Å². The third-order valence-corrected chi connectivity index (χ3v) is 4.77. The van der Waals surface area contributed by atoms with Crippen molar-refractivity contribution in [1.29, 1.82) is 0 Å². The van der Waals surface area contributed by atoms with Crippen LogP contribution in [-0.2, 0) is 9.53 Å². The SMILES string of the molecule is O=C(OCC(=O)N1CCSc2ccccc21)c1cncc(Br)c1. The number of hydrogen-bond acceptors (Lipinski definition) is 5. The van der Waals surface area contributed by atoms with Gasteiger partial charge in [-0.05, 0) is 34.1 Å². The third-order valence-electron chi connectivity index (χ3n) is 3.30. The number of nitrogens with zero attached hydrogens (tertiary/aromatic N) is 2. The van der Waals surface area contributed by atoms with Gasteiger partial charge in [-0.25, -0.2) is 4.79 Å². The molecule has 0 bridgehead atoms. The lowest BCUT2D eigenvalue weighted by atomic mass is 10.2. The van der Waals surface area contributed by atoms with E-state index in [9.17, 15) is 9.59 Å². The maximum atomic E-state index is 12.4. The fourth-order valence-electron chi connectivity index (χ4n) is 2.24. The summed E-state index contributed by atoms with van der Waals surface area (Å²) < 4.78 is 5.80. The fraction of sp³-hybridized carbons (Fsp3) is 0.188. The van der Waals surface area contributed by atoms with Crippen LogP contribution in [0.25, 0.3) is 0 Å². The first kappa shape index (κ1) is 16.0. The van der Waals surface area contributed by atoms with E-state index in [1.807, 2.05) is 24.3 Å². The lowest BCUT2D eigenvalue weighted by molar-refractivity contribution is -0.121. The van der Waals surface area contributed by atoms with E-state index in [2.05, 4.69) is 20.9 Å². The maximum absolute atomic E-state index is 12.4. The number of ether oxygens (including phenoxy) is 1. The van der Waals surface area contributed by atoms with Gasteiger partial charge >= 0.3 is 5.97 Å². The van der Waals surface area contributed by atoms with Gasteiger partial charge in [0.25, 0.3) is 5.91 Å². The molecular weight excluding hydrogens is 380 g/mol. The number of pyridine rings is 1. The number of anilines is 1. The molecule has 0 spiro atoms. The van der Waals surface area contributed by atoms with Gasteiger partial charge in [0.2, 0.25) is 0 Å². The average Bonchev–Trinajstić information content (AvgIpc) is 2.59. The topological polar surface area (TPSA) is 59.5 Å². The number of halogens is 1. The van der Waals surface area contributed by atoms with E-state index in [0.29, 0.717) is 16.6 Å². The average molecular weight is 393 g/mol. The second-order valence-electron chi connectivity index (χ2n) is 4.83. The number of fused-ring (bicyclic) bond motifs is 1. The summed E-state index contributed by atoms with van der Waals surface area (Å²) in [6.45, 7) is 0.320. The zero-order valence-corrected chi connectivity index (χ0v) is 14.5. The van der Waals surface area contributed by atoms with Crippen LogP contribution in [0.3, 0.4) is 0 Å². The highest BCUT2D eigenvalue weighted by atomic mass is 79.9. The summed E-state index contributed by atoms with van der Waals surface area (Å²) in [5.74, 6) is 0.0348. The second-order valence-corrected chi connectivity index (χ2v) is 6.88. The molecule has 0 aliphatic carbocycles. The lowest BCUT2D eigenvalue weighted by Crippen LogP contribution is -2.38. The third kappa shape index (κ3) is 3.73. The number of carbonyl (C=O) groups excluding carboxylic acids is 2. The molecule has 0 N–H and O–H groups in total. The van der Waals surface area contributed by atoms with Crippen molar-refractivity contribution in [2.24, 2.45) is 0 Å². The number of benzene rings is 1. The van der Waals surface area contributed by atoms with Crippen molar-refractivity contribution in [3.63, 3.8) is 0 Å². The first-order chi connectivity index (χ1) is 11.1. The predicted octanol–water partition coefficient (Wildman–Crippen LogP) is 3.14. The summed E-state index contributed by atoms with van der Waals surface area (Å²) in [7, 11) is 0. The number of hydrogen-bond donors (Lipinski definition) is 0. The molecule has 1 amide bonds. The Labute approximate surface area is 146 Å². The van der Waals surface area contributed by atoms with E-state index in [-0.39, 0.29) is 12.5 Å². The molecule has 1 aromatic carbocycles. The van der Waals surface area contributed by atoms with Crippen LogP contribution in [0.15, 0.2) is 52.1 Å².